The third-order valence-electron chi connectivity index (χ3n) is 4.37. The fourth-order valence-electron chi connectivity index (χ4n) is 2.71. The Bertz CT molecular complexity index is 491. The molecule has 0 radical (unpaired) electrons. The highest BCUT2D eigenvalue weighted by Gasteiger charge is 2.28. The second-order valence-corrected chi connectivity index (χ2v) is 6.38. The number of ether oxygens (including phenoxy) is 1. The molecule has 0 unspecified atom stereocenters. The van der Waals surface area contributed by atoms with Gasteiger partial charge in [0.15, 0.2) is 0 Å². The number of hydrogen-bond donors (Lipinski definition) is 0. The monoisotopic (exact) mass is 290 g/mol. The quantitative estimate of drug-likeness (QED) is 0.834. The fourth-order valence-corrected chi connectivity index (χ4v) is 2.71. The Labute approximate surface area is 127 Å². The van der Waals surface area contributed by atoms with E-state index in [2.05, 4.69) is 15.9 Å². The third kappa shape index (κ3) is 3.76. The number of carbonyl (C=O) groups is 1. The first-order valence-electron chi connectivity index (χ1n) is 7.55. The molecule has 2 rings (SSSR count). The van der Waals surface area contributed by atoms with Crippen molar-refractivity contribution < 1.29 is 9.53 Å². The van der Waals surface area contributed by atoms with Crippen molar-refractivity contribution in [1.82, 2.24) is 4.90 Å². The number of hydrogen-bond acceptors (Lipinski definition) is 4. The topological polar surface area (TPSA) is 32.8 Å². The number of nitrogens with zero attached hydrogens (tertiary/aromatic N) is 2. The molecule has 1 fully saturated rings. The van der Waals surface area contributed by atoms with Crippen molar-refractivity contribution in [1.29, 1.82) is 0 Å². The predicted molar refractivity (Wildman–Crippen MR) is 86.1 cm³/mol. The second-order valence-electron chi connectivity index (χ2n) is 6.38. The van der Waals surface area contributed by atoms with Crippen molar-refractivity contribution in [3.05, 3.63) is 24.3 Å². The Kier molecular flexibility index (Phi) is 4.88. The third-order valence-corrected chi connectivity index (χ3v) is 4.37. The van der Waals surface area contributed by atoms with E-state index in [1.54, 1.807) is 14.0 Å². The van der Waals surface area contributed by atoms with Crippen LogP contribution in [0.15, 0.2) is 24.3 Å². The molecule has 1 aromatic rings. The summed E-state index contributed by atoms with van der Waals surface area (Å²) in [6.45, 7) is 10.5. The molecule has 4 nitrogen and oxygen atoms in total. The number of anilines is 1. The molecule has 116 valence electrons. The molecule has 1 aromatic carbocycles. The molecular weight excluding hydrogens is 264 g/mol. The lowest BCUT2D eigenvalue weighted by molar-refractivity contribution is -0.125. The predicted octanol–water partition coefficient (Wildman–Crippen LogP) is 2.43. The fraction of sp³-hybridized carbons (Fsp3) is 0.588. The molecule has 0 atom stereocenters. The largest absolute Gasteiger partial charge is 0.495 e. The number of piperazine rings is 1. The van der Waals surface area contributed by atoms with E-state index in [0.29, 0.717) is 0 Å². The van der Waals surface area contributed by atoms with Crippen LogP contribution in [0, 0.1) is 5.41 Å². The Morgan fingerprint density at radius 3 is 2.38 bits per heavy atom. The van der Waals surface area contributed by atoms with E-state index in [9.17, 15) is 4.79 Å². The standard InChI is InChI=1S/C17H26N2O2/c1-14(20)17(2,3)13-18-9-11-19(12-10-18)15-7-5-6-8-16(15)21-4/h5-8H,9-13H2,1-4H3. The molecule has 1 aliphatic rings. The van der Waals surface area contributed by atoms with Gasteiger partial charge in [0.25, 0.3) is 0 Å². The maximum Gasteiger partial charge on any atom is 0.142 e. The first-order valence-corrected chi connectivity index (χ1v) is 7.55. The van der Waals surface area contributed by atoms with Crippen molar-refractivity contribution in [3.63, 3.8) is 0 Å². The summed E-state index contributed by atoms with van der Waals surface area (Å²) < 4.78 is 5.44. The second kappa shape index (κ2) is 6.48. The Morgan fingerprint density at radius 2 is 1.81 bits per heavy atom. The van der Waals surface area contributed by atoms with Crippen LogP contribution in [0.2, 0.25) is 0 Å². The minimum absolute atomic E-state index is 0.257. The number of rotatable bonds is 5. The van der Waals surface area contributed by atoms with Gasteiger partial charge in [0.1, 0.15) is 11.5 Å². The summed E-state index contributed by atoms with van der Waals surface area (Å²) in [5, 5.41) is 0. The molecule has 21 heavy (non-hydrogen) atoms. The molecular formula is C17H26N2O2. The van der Waals surface area contributed by atoms with E-state index in [-0.39, 0.29) is 11.2 Å². The summed E-state index contributed by atoms with van der Waals surface area (Å²) in [5.74, 6) is 1.18. The maximum absolute atomic E-state index is 11.7. The first-order chi connectivity index (χ1) is 9.94. The van der Waals surface area contributed by atoms with Crippen LogP contribution in [0.3, 0.4) is 0 Å². The van der Waals surface area contributed by atoms with Gasteiger partial charge in [-0.3, -0.25) is 9.69 Å². The van der Waals surface area contributed by atoms with Crippen LogP contribution in [0.5, 0.6) is 5.75 Å². The number of methoxy groups -OCH3 is 1. The summed E-state index contributed by atoms with van der Waals surface area (Å²) in [6, 6.07) is 8.14. The van der Waals surface area contributed by atoms with Gasteiger partial charge in [0.2, 0.25) is 0 Å². The Morgan fingerprint density at radius 1 is 1.19 bits per heavy atom. The van der Waals surface area contributed by atoms with Crippen LogP contribution < -0.4 is 9.64 Å². The first kappa shape index (κ1) is 15.8. The van der Waals surface area contributed by atoms with E-state index < -0.39 is 0 Å². The Balaban J connectivity index is 1.96. The van der Waals surface area contributed by atoms with Gasteiger partial charge in [-0.1, -0.05) is 26.0 Å². The number of para-hydroxylation sites is 2. The molecule has 4 heteroatoms. The number of benzene rings is 1. The molecule has 0 N–H and O–H groups in total. The van der Waals surface area contributed by atoms with E-state index in [1.807, 2.05) is 32.0 Å². The lowest BCUT2D eigenvalue weighted by atomic mass is 9.88. The average Bonchev–Trinajstić information content (AvgIpc) is 2.47. The number of carbonyl (C=O) groups excluding carboxylic acids is 1. The van der Waals surface area contributed by atoms with Gasteiger partial charge in [0, 0.05) is 38.1 Å². The van der Waals surface area contributed by atoms with Gasteiger partial charge in [-0.15, -0.1) is 0 Å². The van der Waals surface area contributed by atoms with Gasteiger partial charge in [-0.25, -0.2) is 0 Å². The zero-order valence-electron chi connectivity index (χ0n) is 13.6. The summed E-state index contributed by atoms with van der Waals surface area (Å²) in [5.41, 5.74) is 0.901. The minimum atomic E-state index is -0.257. The molecule has 0 bridgehead atoms. The molecule has 1 aliphatic heterocycles. The molecule has 0 aliphatic carbocycles. The number of Topliss-reactive ketones (excluding diaryl/α,β-unsaturated/α-hetero) is 1. The van der Waals surface area contributed by atoms with E-state index >= 15 is 0 Å². The van der Waals surface area contributed by atoms with Gasteiger partial charge >= 0.3 is 0 Å². The van der Waals surface area contributed by atoms with Crippen molar-refractivity contribution in [3.8, 4) is 5.75 Å². The molecule has 0 spiro atoms. The van der Waals surface area contributed by atoms with E-state index in [1.165, 1.54) is 0 Å². The highest BCUT2D eigenvalue weighted by atomic mass is 16.5. The van der Waals surface area contributed by atoms with Gasteiger partial charge in [-0.05, 0) is 19.1 Å². The zero-order valence-corrected chi connectivity index (χ0v) is 13.6. The van der Waals surface area contributed by atoms with Gasteiger partial charge < -0.3 is 9.64 Å². The number of ketones is 1. The van der Waals surface area contributed by atoms with E-state index in [4.69, 9.17) is 4.74 Å². The van der Waals surface area contributed by atoms with Crippen molar-refractivity contribution in [2.75, 3.05) is 44.7 Å². The maximum atomic E-state index is 11.7. The molecule has 1 heterocycles. The zero-order chi connectivity index (χ0) is 15.5. The lowest BCUT2D eigenvalue weighted by Crippen LogP contribution is -2.50. The highest BCUT2D eigenvalue weighted by Crippen LogP contribution is 2.29. The summed E-state index contributed by atoms with van der Waals surface area (Å²) in [4.78, 5) is 16.4. The van der Waals surface area contributed by atoms with Crippen LogP contribution in [0.25, 0.3) is 0 Å². The highest BCUT2D eigenvalue weighted by molar-refractivity contribution is 5.81. The SMILES string of the molecule is COc1ccccc1N1CCN(CC(C)(C)C(C)=O)CC1. The summed E-state index contributed by atoms with van der Waals surface area (Å²) in [7, 11) is 1.71. The minimum Gasteiger partial charge on any atom is -0.495 e. The van der Waals surface area contributed by atoms with Crippen molar-refractivity contribution in [2.24, 2.45) is 5.41 Å². The van der Waals surface area contributed by atoms with Crippen LogP contribution in [-0.2, 0) is 4.79 Å². The van der Waals surface area contributed by atoms with Crippen LogP contribution in [0.1, 0.15) is 20.8 Å². The van der Waals surface area contributed by atoms with Crippen LogP contribution >= 0.6 is 0 Å². The van der Waals surface area contributed by atoms with Crippen LogP contribution in [-0.4, -0.2) is 50.5 Å². The van der Waals surface area contributed by atoms with E-state index in [0.717, 1.165) is 44.2 Å². The molecule has 0 aromatic heterocycles. The summed E-state index contributed by atoms with van der Waals surface area (Å²) in [6.07, 6.45) is 0. The lowest BCUT2D eigenvalue weighted by Gasteiger charge is -2.39. The smallest absolute Gasteiger partial charge is 0.142 e. The molecule has 0 amide bonds. The van der Waals surface area contributed by atoms with Crippen molar-refractivity contribution in [2.45, 2.75) is 20.8 Å². The van der Waals surface area contributed by atoms with Crippen molar-refractivity contribution >= 4 is 11.5 Å². The van der Waals surface area contributed by atoms with Gasteiger partial charge in [-0.2, -0.15) is 0 Å². The molecule has 0 saturated carbocycles. The van der Waals surface area contributed by atoms with Gasteiger partial charge in [0.05, 0.1) is 12.8 Å². The van der Waals surface area contributed by atoms with Crippen LogP contribution in [0.4, 0.5) is 5.69 Å². The normalized spacial score (nSPS) is 16.9. The summed E-state index contributed by atoms with van der Waals surface area (Å²) >= 11 is 0. The molecule has 1 saturated heterocycles. The Hall–Kier alpha value is -1.55. The average molecular weight is 290 g/mol.